The molecule has 1 aromatic rings. The molecule has 3 heterocycles. The molecule has 1 atom stereocenters. The van der Waals surface area contributed by atoms with Crippen LogP contribution in [0.4, 0.5) is 0 Å². The molecular formula is C17H25N3O3S. The van der Waals surface area contributed by atoms with Gasteiger partial charge < -0.3 is 20.3 Å². The number of ether oxygens (including phenoxy) is 1. The van der Waals surface area contributed by atoms with Crippen LogP contribution in [0, 0.1) is 5.92 Å². The monoisotopic (exact) mass is 351 g/mol. The summed E-state index contributed by atoms with van der Waals surface area (Å²) in [5.41, 5.74) is 6.95. The molecule has 132 valence electrons. The molecule has 6 nitrogen and oxygen atoms in total. The molecule has 24 heavy (non-hydrogen) atoms. The van der Waals surface area contributed by atoms with E-state index in [0.29, 0.717) is 39.4 Å². The highest BCUT2D eigenvalue weighted by Gasteiger charge is 2.31. The molecule has 1 unspecified atom stereocenters. The average molecular weight is 351 g/mol. The molecule has 0 saturated carbocycles. The third-order valence-electron chi connectivity index (χ3n) is 4.92. The standard InChI is InChI=1S/C17H25N3O3S/c18-15(13-2-9-23-10-3-13)17(22)20-6-1-5-19(7-8-20)16(21)14-4-11-24-12-14/h4,11-13,15H,1-3,5-10,18H2. The summed E-state index contributed by atoms with van der Waals surface area (Å²) in [7, 11) is 0. The highest BCUT2D eigenvalue weighted by Crippen LogP contribution is 2.20. The second-order valence-corrected chi connectivity index (χ2v) is 7.24. The third kappa shape index (κ3) is 3.96. The maximum Gasteiger partial charge on any atom is 0.254 e. The SMILES string of the molecule is NC(C(=O)N1CCCN(C(=O)c2ccsc2)CC1)C1CCOCC1. The molecule has 0 aromatic carbocycles. The maximum atomic E-state index is 12.7. The summed E-state index contributed by atoms with van der Waals surface area (Å²) in [4.78, 5) is 28.9. The lowest BCUT2D eigenvalue weighted by atomic mass is 9.91. The number of carbonyl (C=O) groups excluding carboxylic acids is 2. The Morgan fingerprint density at radius 3 is 2.58 bits per heavy atom. The van der Waals surface area contributed by atoms with Crippen molar-refractivity contribution in [1.29, 1.82) is 0 Å². The predicted octanol–water partition coefficient (Wildman–Crippen LogP) is 1.18. The second kappa shape index (κ2) is 8.09. The summed E-state index contributed by atoms with van der Waals surface area (Å²) in [6, 6.07) is 1.40. The molecular weight excluding hydrogens is 326 g/mol. The second-order valence-electron chi connectivity index (χ2n) is 6.46. The normalized spacial score (nSPS) is 21.4. The van der Waals surface area contributed by atoms with Crippen LogP contribution in [0.3, 0.4) is 0 Å². The smallest absolute Gasteiger partial charge is 0.254 e. The van der Waals surface area contributed by atoms with Crippen LogP contribution in [0.5, 0.6) is 0 Å². The number of nitrogens with two attached hydrogens (primary N) is 1. The van der Waals surface area contributed by atoms with Crippen LogP contribution in [0.15, 0.2) is 16.8 Å². The van der Waals surface area contributed by atoms with E-state index in [2.05, 4.69) is 0 Å². The summed E-state index contributed by atoms with van der Waals surface area (Å²) in [5.74, 6) is 0.282. The lowest BCUT2D eigenvalue weighted by molar-refractivity contribution is -0.134. The molecule has 2 fully saturated rings. The van der Waals surface area contributed by atoms with Crippen LogP contribution < -0.4 is 5.73 Å². The summed E-state index contributed by atoms with van der Waals surface area (Å²) in [6.45, 7) is 3.86. The first kappa shape index (κ1) is 17.4. The van der Waals surface area contributed by atoms with E-state index in [4.69, 9.17) is 10.5 Å². The van der Waals surface area contributed by atoms with Crippen LogP contribution in [-0.2, 0) is 9.53 Å². The van der Waals surface area contributed by atoms with Gasteiger partial charge in [0.15, 0.2) is 0 Å². The molecule has 2 saturated heterocycles. The minimum Gasteiger partial charge on any atom is -0.381 e. The van der Waals surface area contributed by atoms with E-state index in [-0.39, 0.29) is 17.7 Å². The van der Waals surface area contributed by atoms with E-state index in [9.17, 15) is 9.59 Å². The number of hydrogen-bond acceptors (Lipinski definition) is 5. The van der Waals surface area contributed by atoms with Crippen LogP contribution in [-0.4, -0.2) is 67.0 Å². The van der Waals surface area contributed by atoms with Crippen LogP contribution in [0.1, 0.15) is 29.6 Å². The number of carbonyl (C=O) groups is 2. The fourth-order valence-corrected chi connectivity index (χ4v) is 4.03. The summed E-state index contributed by atoms with van der Waals surface area (Å²) < 4.78 is 5.35. The van der Waals surface area contributed by atoms with Crippen molar-refractivity contribution in [3.05, 3.63) is 22.4 Å². The Balaban J connectivity index is 1.56. The van der Waals surface area contributed by atoms with Crippen molar-refractivity contribution in [3.8, 4) is 0 Å². The molecule has 2 N–H and O–H groups in total. The van der Waals surface area contributed by atoms with Crippen LogP contribution >= 0.6 is 11.3 Å². The highest BCUT2D eigenvalue weighted by atomic mass is 32.1. The van der Waals surface area contributed by atoms with Crippen molar-refractivity contribution in [2.24, 2.45) is 11.7 Å². The van der Waals surface area contributed by atoms with E-state index in [1.165, 1.54) is 11.3 Å². The van der Waals surface area contributed by atoms with Crippen molar-refractivity contribution < 1.29 is 14.3 Å². The zero-order chi connectivity index (χ0) is 16.9. The zero-order valence-corrected chi connectivity index (χ0v) is 14.7. The fourth-order valence-electron chi connectivity index (χ4n) is 3.40. The topological polar surface area (TPSA) is 75.9 Å². The van der Waals surface area contributed by atoms with Crippen LogP contribution in [0.25, 0.3) is 0 Å². The number of rotatable bonds is 3. The Labute approximate surface area is 146 Å². The van der Waals surface area contributed by atoms with Gasteiger partial charge >= 0.3 is 0 Å². The van der Waals surface area contributed by atoms with Crippen molar-refractivity contribution in [2.75, 3.05) is 39.4 Å². The van der Waals surface area contributed by atoms with Gasteiger partial charge in [0.05, 0.1) is 11.6 Å². The Kier molecular flexibility index (Phi) is 5.86. The maximum absolute atomic E-state index is 12.7. The van der Waals surface area contributed by atoms with E-state index >= 15 is 0 Å². The minimum atomic E-state index is -0.451. The molecule has 7 heteroatoms. The Hall–Kier alpha value is -1.44. The van der Waals surface area contributed by atoms with Crippen LogP contribution in [0.2, 0.25) is 0 Å². The predicted molar refractivity (Wildman–Crippen MR) is 92.9 cm³/mol. The van der Waals surface area contributed by atoms with Crippen molar-refractivity contribution in [3.63, 3.8) is 0 Å². The zero-order valence-electron chi connectivity index (χ0n) is 13.9. The quantitative estimate of drug-likeness (QED) is 0.887. The van der Waals surface area contributed by atoms with Gasteiger partial charge in [-0.25, -0.2) is 0 Å². The van der Waals surface area contributed by atoms with E-state index in [0.717, 1.165) is 24.8 Å². The van der Waals surface area contributed by atoms with Crippen molar-refractivity contribution in [2.45, 2.75) is 25.3 Å². The van der Waals surface area contributed by atoms with E-state index in [1.807, 2.05) is 26.6 Å². The number of nitrogens with zero attached hydrogens (tertiary/aromatic N) is 2. The molecule has 0 bridgehead atoms. The average Bonchev–Trinajstić information content (AvgIpc) is 3.05. The first-order chi connectivity index (χ1) is 11.7. The molecule has 0 spiro atoms. The summed E-state index contributed by atoms with van der Waals surface area (Å²) in [6.07, 6.45) is 2.50. The van der Waals surface area contributed by atoms with Gasteiger partial charge in [0, 0.05) is 44.8 Å². The number of hydrogen-bond donors (Lipinski definition) is 1. The lowest BCUT2D eigenvalue weighted by Gasteiger charge is -2.31. The van der Waals surface area contributed by atoms with E-state index < -0.39 is 6.04 Å². The van der Waals surface area contributed by atoms with Gasteiger partial charge in [-0.15, -0.1) is 0 Å². The largest absolute Gasteiger partial charge is 0.381 e. The number of thiophene rings is 1. The van der Waals surface area contributed by atoms with Crippen molar-refractivity contribution >= 4 is 23.2 Å². The molecule has 2 aliphatic heterocycles. The van der Waals surface area contributed by atoms with Gasteiger partial charge in [-0.2, -0.15) is 11.3 Å². The molecule has 2 aliphatic rings. The summed E-state index contributed by atoms with van der Waals surface area (Å²) >= 11 is 1.52. The summed E-state index contributed by atoms with van der Waals surface area (Å²) in [5, 5.41) is 3.78. The molecule has 2 amide bonds. The van der Waals surface area contributed by atoms with E-state index in [1.54, 1.807) is 0 Å². The molecule has 0 radical (unpaired) electrons. The Morgan fingerprint density at radius 2 is 1.88 bits per heavy atom. The minimum absolute atomic E-state index is 0.0201. The molecule has 0 aliphatic carbocycles. The van der Waals surface area contributed by atoms with Gasteiger partial charge in [0.25, 0.3) is 5.91 Å². The third-order valence-corrected chi connectivity index (χ3v) is 5.61. The lowest BCUT2D eigenvalue weighted by Crippen LogP contribution is -2.50. The first-order valence-corrected chi connectivity index (χ1v) is 9.54. The van der Waals surface area contributed by atoms with Gasteiger partial charge in [0.1, 0.15) is 0 Å². The van der Waals surface area contributed by atoms with Gasteiger partial charge in [-0.1, -0.05) is 0 Å². The first-order valence-electron chi connectivity index (χ1n) is 8.60. The van der Waals surface area contributed by atoms with Gasteiger partial charge in [-0.05, 0) is 36.6 Å². The van der Waals surface area contributed by atoms with Gasteiger partial charge in [-0.3, -0.25) is 9.59 Å². The Morgan fingerprint density at radius 1 is 1.17 bits per heavy atom. The molecule has 1 aromatic heterocycles. The fraction of sp³-hybridized carbons (Fsp3) is 0.647. The molecule has 3 rings (SSSR count). The van der Waals surface area contributed by atoms with Crippen molar-refractivity contribution in [1.82, 2.24) is 9.80 Å². The highest BCUT2D eigenvalue weighted by molar-refractivity contribution is 7.08. The Bertz CT molecular complexity index is 557. The van der Waals surface area contributed by atoms with Gasteiger partial charge in [0.2, 0.25) is 5.91 Å². The number of amides is 2.